The molecule has 0 aliphatic carbocycles. The molecule has 0 saturated heterocycles. The van der Waals surface area contributed by atoms with Crippen LogP contribution in [-0.2, 0) is 0 Å². The van der Waals surface area contributed by atoms with Crippen molar-refractivity contribution in [1.82, 2.24) is 5.32 Å². The summed E-state index contributed by atoms with van der Waals surface area (Å²) in [4.78, 5) is 1.33. The van der Waals surface area contributed by atoms with E-state index in [9.17, 15) is 5.11 Å². The molecule has 92 valence electrons. The first-order valence-electron chi connectivity index (χ1n) is 5.82. The van der Waals surface area contributed by atoms with Gasteiger partial charge in [0.05, 0.1) is 6.61 Å². The third-order valence-corrected chi connectivity index (χ3v) is 3.59. The lowest BCUT2D eigenvalue weighted by Gasteiger charge is -2.27. The van der Waals surface area contributed by atoms with Crippen LogP contribution in [0.15, 0.2) is 17.5 Å². The fourth-order valence-electron chi connectivity index (χ4n) is 1.89. The van der Waals surface area contributed by atoms with E-state index < -0.39 is 0 Å². The van der Waals surface area contributed by atoms with Gasteiger partial charge < -0.3 is 10.4 Å². The molecule has 1 heterocycles. The van der Waals surface area contributed by atoms with Gasteiger partial charge in [-0.15, -0.1) is 11.3 Å². The highest BCUT2D eigenvalue weighted by molar-refractivity contribution is 7.10. The molecule has 1 aromatic rings. The SMILES string of the molecule is CC(NC(CO)CC(C)(C)C)c1cccs1. The molecule has 0 aromatic carbocycles. The van der Waals surface area contributed by atoms with Crippen molar-refractivity contribution in [3.05, 3.63) is 22.4 Å². The van der Waals surface area contributed by atoms with Crippen LogP contribution in [0.1, 0.15) is 45.0 Å². The van der Waals surface area contributed by atoms with Crippen LogP contribution in [0.4, 0.5) is 0 Å². The molecule has 0 spiro atoms. The Morgan fingerprint density at radius 1 is 1.44 bits per heavy atom. The summed E-state index contributed by atoms with van der Waals surface area (Å²) in [5, 5.41) is 15.0. The van der Waals surface area contributed by atoms with Crippen molar-refractivity contribution in [2.75, 3.05) is 6.61 Å². The minimum absolute atomic E-state index is 0.178. The molecule has 0 fully saturated rings. The van der Waals surface area contributed by atoms with Crippen molar-refractivity contribution in [2.24, 2.45) is 5.41 Å². The molecule has 3 heteroatoms. The normalized spacial score (nSPS) is 16.1. The Balaban J connectivity index is 2.50. The number of rotatable bonds is 5. The second-order valence-electron chi connectivity index (χ2n) is 5.55. The number of hydrogen-bond acceptors (Lipinski definition) is 3. The van der Waals surface area contributed by atoms with Gasteiger partial charge in [-0.25, -0.2) is 0 Å². The van der Waals surface area contributed by atoms with Crippen LogP contribution in [0.5, 0.6) is 0 Å². The minimum Gasteiger partial charge on any atom is -0.395 e. The van der Waals surface area contributed by atoms with Crippen molar-refractivity contribution in [1.29, 1.82) is 0 Å². The Hall–Kier alpha value is -0.380. The highest BCUT2D eigenvalue weighted by atomic mass is 32.1. The summed E-state index contributed by atoms with van der Waals surface area (Å²) in [7, 11) is 0. The number of nitrogens with one attached hydrogen (secondary N) is 1. The van der Waals surface area contributed by atoms with Gasteiger partial charge in [0, 0.05) is 17.0 Å². The van der Waals surface area contributed by atoms with E-state index in [0.29, 0.717) is 6.04 Å². The summed E-state index contributed by atoms with van der Waals surface area (Å²) in [5.41, 5.74) is 0.246. The fourth-order valence-corrected chi connectivity index (χ4v) is 2.63. The molecule has 0 aliphatic heterocycles. The summed E-state index contributed by atoms with van der Waals surface area (Å²) in [6.45, 7) is 8.96. The average molecular weight is 241 g/mol. The van der Waals surface area contributed by atoms with Gasteiger partial charge in [0.1, 0.15) is 0 Å². The Bertz CT molecular complexity index is 289. The van der Waals surface area contributed by atoms with Crippen LogP contribution in [0.2, 0.25) is 0 Å². The van der Waals surface area contributed by atoms with E-state index in [-0.39, 0.29) is 18.1 Å². The van der Waals surface area contributed by atoms with E-state index in [1.807, 2.05) is 0 Å². The monoisotopic (exact) mass is 241 g/mol. The van der Waals surface area contributed by atoms with Gasteiger partial charge >= 0.3 is 0 Å². The maximum atomic E-state index is 9.38. The highest BCUT2D eigenvalue weighted by Gasteiger charge is 2.20. The van der Waals surface area contributed by atoms with E-state index in [4.69, 9.17) is 0 Å². The largest absolute Gasteiger partial charge is 0.395 e. The Morgan fingerprint density at radius 3 is 2.56 bits per heavy atom. The van der Waals surface area contributed by atoms with Gasteiger partial charge in [-0.05, 0) is 30.2 Å². The van der Waals surface area contributed by atoms with Crippen LogP contribution in [0.3, 0.4) is 0 Å². The number of aliphatic hydroxyl groups excluding tert-OH is 1. The molecule has 0 saturated carbocycles. The molecular weight excluding hydrogens is 218 g/mol. The van der Waals surface area contributed by atoms with E-state index >= 15 is 0 Å². The zero-order valence-electron chi connectivity index (χ0n) is 10.7. The molecule has 0 radical (unpaired) electrons. The zero-order chi connectivity index (χ0) is 12.2. The van der Waals surface area contributed by atoms with Gasteiger partial charge in [-0.2, -0.15) is 0 Å². The highest BCUT2D eigenvalue weighted by Crippen LogP contribution is 2.24. The second kappa shape index (κ2) is 5.80. The summed E-state index contributed by atoms with van der Waals surface area (Å²) in [5.74, 6) is 0. The molecular formula is C13H23NOS. The average Bonchev–Trinajstić information content (AvgIpc) is 2.67. The first-order valence-corrected chi connectivity index (χ1v) is 6.70. The molecule has 1 aromatic heterocycles. The quantitative estimate of drug-likeness (QED) is 0.830. The molecule has 1 rings (SSSR count). The number of hydrogen-bond donors (Lipinski definition) is 2. The topological polar surface area (TPSA) is 32.3 Å². The predicted molar refractivity (Wildman–Crippen MR) is 70.8 cm³/mol. The molecule has 2 unspecified atom stereocenters. The molecule has 2 atom stereocenters. The van der Waals surface area contributed by atoms with Crippen LogP contribution >= 0.6 is 11.3 Å². The van der Waals surface area contributed by atoms with Crippen LogP contribution in [0.25, 0.3) is 0 Å². The summed E-state index contributed by atoms with van der Waals surface area (Å²) in [6, 6.07) is 4.70. The smallest absolute Gasteiger partial charge is 0.0585 e. The third-order valence-electron chi connectivity index (χ3n) is 2.53. The molecule has 0 aliphatic rings. The minimum atomic E-state index is 0.178. The number of aliphatic hydroxyl groups is 1. The van der Waals surface area contributed by atoms with E-state index in [0.717, 1.165) is 6.42 Å². The molecule has 16 heavy (non-hydrogen) atoms. The Labute approximate surface area is 103 Å². The molecule has 0 bridgehead atoms. The van der Waals surface area contributed by atoms with Crippen LogP contribution in [0, 0.1) is 5.41 Å². The predicted octanol–water partition coefficient (Wildman–Crippen LogP) is 3.20. The lowest BCUT2D eigenvalue weighted by atomic mass is 9.88. The van der Waals surface area contributed by atoms with Crippen molar-refractivity contribution in [3.8, 4) is 0 Å². The van der Waals surface area contributed by atoms with Crippen LogP contribution in [-0.4, -0.2) is 17.8 Å². The lowest BCUT2D eigenvalue weighted by molar-refractivity contribution is 0.191. The van der Waals surface area contributed by atoms with Gasteiger partial charge in [-0.1, -0.05) is 26.8 Å². The van der Waals surface area contributed by atoms with E-state index in [1.54, 1.807) is 11.3 Å². The van der Waals surface area contributed by atoms with Crippen molar-refractivity contribution in [2.45, 2.75) is 46.2 Å². The van der Waals surface area contributed by atoms with Gasteiger partial charge in [0.2, 0.25) is 0 Å². The van der Waals surface area contributed by atoms with Gasteiger partial charge in [0.15, 0.2) is 0 Å². The number of thiophene rings is 1. The van der Waals surface area contributed by atoms with Gasteiger partial charge in [0.25, 0.3) is 0 Å². The zero-order valence-corrected chi connectivity index (χ0v) is 11.5. The summed E-state index contributed by atoms with van der Waals surface area (Å²) < 4.78 is 0. The second-order valence-corrected chi connectivity index (χ2v) is 6.53. The summed E-state index contributed by atoms with van der Waals surface area (Å²) >= 11 is 1.76. The van der Waals surface area contributed by atoms with Gasteiger partial charge in [-0.3, -0.25) is 0 Å². The standard InChI is InChI=1S/C13H23NOS/c1-10(12-6-5-7-16-12)14-11(9-15)8-13(2,3)4/h5-7,10-11,14-15H,8-9H2,1-4H3. The molecule has 0 amide bonds. The maximum absolute atomic E-state index is 9.38. The first kappa shape index (κ1) is 13.7. The Morgan fingerprint density at radius 2 is 2.12 bits per heavy atom. The Kier molecular flexibility index (Phi) is 4.96. The lowest BCUT2D eigenvalue weighted by Crippen LogP contribution is -2.37. The van der Waals surface area contributed by atoms with Crippen LogP contribution < -0.4 is 5.32 Å². The van der Waals surface area contributed by atoms with E-state index in [1.165, 1.54) is 4.88 Å². The van der Waals surface area contributed by atoms with Crippen molar-refractivity contribution >= 4 is 11.3 Å². The third kappa shape index (κ3) is 4.64. The molecule has 2 nitrogen and oxygen atoms in total. The van der Waals surface area contributed by atoms with Crippen molar-refractivity contribution < 1.29 is 5.11 Å². The van der Waals surface area contributed by atoms with E-state index in [2.05, 4.69) is 50.5 Å². The summed E-state index contributed by atoms with van der Waals surface area (Å²) in [6.07, 6.45) is 0.985. The molecule has 2 N–H and O–H groups in total. The van der Waals surface area contributed by atoms with Crippen molar-refractivity contribution in [3.63, 3.8) is 0 Å². The first-order chi connectivity index (χ1) is 7.42. The maximum Gasteiger partial charge on any atom is 0.0585 e. The fraction of sp³-hybridized carbons (Fsp3) is 0.692.